The lowest BCUT2D eigenvalue weighted by Crippen LogP contribution is -2.47. The van der Waals surface area contributed by atoms with Gasteiger partial charge in [-0.1, -0.05) is 18.2 Å². The van der Waals surface area contributed by atoms with Crippen LogP contribution >= 0.6 is 0 Å². The van der Waals surface area contributed by atoms with Gasteiger partial charge in [-0.25, -0.2) is 38.1 Å². The number of halogens is 2. The summed E-state index contributed by atoms with van der Waals surface area (Å²) in [5, 5.41) is 20.0. The lowest BCUT2D eigenvalue weighted by molar-refractivity contribution is -0.132. The summed E-state index contributed by atoms with van der Waals surface area (Å²) in [5.41, 5.74) is 4.06. The maximum absolute atomic E-state index is 14.9. The van der Waals surface area contributed by atoms with Crippen LogP contribution in [0.15, 0.2) is 79.8 Å². The van der Waals surface area contributed by atoms with Gasteiger partial charge in [0.05, 0.1) is 34.6 Å². The van der Waals surface area contributed by atoms with Crippen molar-refractivity contribution in [1.29, 1.82) is 0 Å². The molecule has 2 aromatic carbocycles. The number of hydrogen-bond donors (Lipinski definition) is 1. The highest BCUT2D eigenvalue weighted by Gasteiger charge is 2.41. The number of aromatic nitrogens is 11. The highest BCUT2D eigenvalue weighted by Crippen LogP contribution is 2.34. The first kappa shape index (κ1) is 31.6. The van der Waals surface area contributed by atoms with Gasteiger partial charge in [0.15, 0.2) is 11.5 Å². The molecule has 2 atom stereocenters. The van der Waals surface area contributed by atoms with Crippen molar-refractivity contribution in [2.75, 3.05) is 29.9 Å². The van der Waals surface area contributed by atoms with E-state index in [2.05, 4.69) is 51.5 Å². The summed E-state index contributed by atoms with van der Waals surface area (Å²) in [5.74, 6) is -0.340. The summed E-state index contributed by atoms with van der Waals surface area (Å²) >= 11 is 0. The lowest BCUT2D eigenvalue weighted by atomic mass is 10.1. The van der Waals surface area contributed by atoms with Crippen LogP contribution < -0.4 is 10.2 Å². The Kier molecular flexibility index (Phi) is 7.93. The Balaban J connectivity index is 1.11. The molecule has 4 bridgehead atoms. The van der Waals surface area contributed by atoms with Gasteiger partial charge < -0.3 is 19.7 Å². The summed E-state index contributed by atoms with van der Waals surface area (Å²) < 4.78 is 33.8. The fraction of sp³-hybridized carbons (Fsp3) is 0.286. The summed E-state index contributed by atoms with van der Waals surface area (Å²) in [7, 11) is 0. The molecule has 15 nitrogen and oxygen atoms in total. The number of carbonyl (C=O) groups excluding carboxylic acids is 1. The van der Waals surface area contributed by atoms with Gasteiger partial charge >= 0.3 is 0 Å². The number of amides is 1. The van der Waals surface area contributed by atoms with Gasteiger partial charge in [-0.3, -0.25) is 4.79 Å². The first-order valence-corrected chi connectivity index (χ1v) is 17.1. The van der Waals surface area contributed by atoms with Crippen molar-refractivity contribution >= 4 is 39.6 Å². The second-order valence-corrected chi connectivity index (χ2v) is 13.0. The minimum absolute atomic E-state index is 0.0440. The summed E-state index contributed by atoms with van der Waals surface area (Å²) in [4.78, 5) is 37.5. The zero-order valence-corrected chi connectivity index (χ0v) is 27.8. The average molecular weight is 703 g/mol. The fourth-order valence-electron chi connectivity index (χ4n) is 7.36. The number of benzene rings is 2. The number of aryl methyl sites for hydroxylation is 2. The number of nitrogens with zero attached hydrogens (tertiary/aromatic N) is 13. The number of tetrazole rings is 1. The van der Waals surface area contributed by atoms with E-state index in [0.29, 0.717) is 74.7 Å². The smallest absolute Gasteiger partial charge is 0.245 e. The third-order valence-corrected chi connectivity index (χ3v) is 9.70. The van der Waals surface area contributed by atoms with Crippen LogP contribution in [0.1, 0.15) is 19.3 Å². The van der Waals surface area contributed by atoms with E-state index in [-0.39, 0.29) is 17.6 Å². The standard InChI is InChI=1S/C35H32F2N14O/c36-22-9-10-29(26(37)15-22)51-34-25(17-42-51)33(38-19-39-34)50-18-23-16-30(50)35(52)47(12-4-14-49-21-41-45-46-49)11-3-13-48-20-40-28-7-1-5-24(32(28)48)27-6-2-8-31(43-23)44-27/h1-2,5-10,15,17,19-21,23,30H,3-4,11-14,16,18H2,(H,43,44)/t23-,30-/m0/s1. The average Bonchev–Trinajstić information content (AvgIpc) is 3.98. The van der Waals surface area contributed by atoms with Crippen LogP contribution in [0.2, 0.25) is 0 Å². The highest BCUT2D eigenvalue weighted by molar-refractivity contribution is 5.93. The van der Waals surface area contributed by atoms with E-state index in [0.717, 1.165) is 28.4 Å². The monoisotopic (exact) mass is 702 g/mol. The fourth-order valence-corrected chi connectivity index (χ4v) is 7.36. The summed E-state index contributed by atoms with van der Waals surface area (Å²) in [6, 6.07) is 14.5. The minimum atomic E-state index is -0.775. The molecule has 2 aliphatic heterocycles. The van der Waals surface area contributed by atoms with Crippen LogP contribution in [0, 0.1) is 11.6 Å². The second kappa shape index (κ2) is 13.1. The molecule has 1 saturated heterocycles. The van der Waals surface area contributed by atoms with Gasteiger partial charge in [-0.15, -0.1) is 5.10 Å². The lowest BCUT2D eigenvalue weighted by Gasteiger charge is -2.31. The zero-order chi connectivity index (χ0) is 35.2. The van der Waals surface area contributed by atoms with Gasteiger partial charge in [0.2, 0.25) is 5.91 Å². The molecule has 52 heavy (non-hydrogen) atoms. The molecule has 7 aromatic rings. The Morgan fingerprint density at radius 3 is 2.77 bits per heavy atom. The van der Waals surface area contributed by atoms with Gasteiger partial charge in [-0.05, 0) is 60.0 Å². The molecule has 0 saturated carbocycles. The maximum Gasteiger partial charge on any atom is 0.245 e. The third kappa shape index (κ3) is 5.72. The molecule has 262 valence electrons. The number of imidazole rings is 1. The number of carbonyl (C=O) groups is 1. The molecule has 0 aliphatic carbocycles. The molecule has 0 spiro atoms. The summed E-state index contributed by atoms with van der Waals surface area (Å²) in [6.07, 6.45) is 8.15. The predicted molar refractivity (Wildman–Crippen MR) is 186 cm³/mol. The van der Waals surface area contributed by atoms with E-state index >= 15 is 0 Å². The quantitative estimate of drug-likeness (QED) is 0.269. The molecular formula is C35H32F2N14O. The van der Waals surface area contributed by atoms with Crippen molar-refractivity contribution in [3.05, 3.63) is 91.4 Å². The molecular weight excluding hydrogens is 670 g/mol. The largest absolute Gasteiger partial charge is 0.365 e. The van der Waals surface area contributed by atoms with Crippen LogP contribution in [-0.4, -0.2) is 97.0 Å². The van der Waals surface area contributed by atoms with Crippen LogP contribution in [-0.2, 0) is 17.9 Å². The number of rotatable bonds is 6. The van der Waals surface area contributed by atoms with Crippen molar-refractivity contribution < 1.29 is 13.6 Å². The van der Waals surface area contributed by atoms with E-state index in [4.69, 9.17) is 4.98 Å². The number of nitrogens with one attached hydrogen (secondary N) is 1. The van der Waals surface area contributed by atoms with Gasteiger partial charge in [0.25, 0.3) is 0 Å². The maximum atomic E-state index is 14.9. The van der Waals surface area contributed by atoms with Crippen molar-refractivity contribution in [3.63, 3.8) is 0 Å². The molecule has 1 amide bonds. The Hall–Kier alpha value is -6.39. The topological polar surface area (TPSA) is 153 Å². The van der Waals surface area contributed by atoms with Gasteiger partial charge in [0, 0.05) is 50.4 Å². The Bertz CT molecular complexity index is 2410. The van der Waals surface area contributed by atoms with Crippen LogP contribution in [0.5, 0.6) is 0 Å². The molecule has 2 aliphatic rings. The van der Waals surface area contributed by atoms with E-state index in [1.807, 2.05) is 46.5 Å². The highest BCUT2D eigenvalue weighted by atomic mass is 19.1. The molecule has 5 aromatic heterocycles. The number of hydrogen-bond acceptors (Lipinski definition) is 11. The number of pyridine rings is 1. The molecule has 1 N–H and O–H groups in total. The first-order chi connectivity index (χ1) is 25.5. The van der Waals surface area contributed by atoms with Crippen LogP contribution in [0.4, 0.5) is 20.4 Å². The number of fused-ring (bicyclic) bond motifs is 6. The Labute approximate surface area is 294 Å². The SMILES string of the molecule is O=C1[C@@H]2C[C@@H](CN2c2ncnc3c2cnn3-c2ccc(F)cc2F)Nc2cccc(n2)-c2cccc3ncn(c23)CCCN1CCCn1cnnn1. The molecule has 0 radical (unpaired) electrons. The Morgan fingerprint density at radius 2 is 1.88 bits per heavy atom. The minimum Gasteiger partial charge on any atom is -0.365 e. The van der Waals surface area contributed by atoms with Crippen LogP contribution in [0.25, 0.3) is 39.0 Å². The molecule has 17 heteroatoms. The van der Waals surface area contributed by atoms with E-state index in [9.17, 15) is 13.6 Å². The molecule has 1 fully saturated rings. The van der Waals surface area contributed by atoms with Gasteiger partial charge in [-0.2, -0.15) is 5.10 Å². The molecule has 0 unspecified atom stereocenters. The number of para-hydroxylation sites is 1. The molecule has 9 rings (SSSR count). The Morgan fingerprint density at radius 1 is 0.962 bits per heavy atom. The van der Waals surface area contributed by atoms with E-state index in [1.165, 1.54) is 23.1 Å². The van der Waals surface area contributed by atoms with Gasteiger partial charge in [0.1, 0.15) is 41.8 Å². The first-order valence-electron chi connectivity index (χ1n) is 17.1. The van der Waals surface area contributed by atoms with Crippen LogP contribution in [0.3, 0.4) is 0 Å². The third-order valence-electron chi connectivity index (χ3n) is 9.70. The zero-order valence-electron chi connectivity index (χ0n) is 27.8. The predicted octanol–water partition coefficient (Wildman–Crippen LogP) is 3.87. The second-order valence-electron chi connectivity index (χ2n) is 13.0. The van der Waals surface area contributed by atoms with Crippen molar-refractivity contribution in [2.24, 2.45) is 0 Å². The van der Waals surface area contributed by atoms with Crippen molar-refractivity contribution in [1.82, 2.24) is 59.4 Å². The van der Waals surface area contributed by atoms with E-state index < -0.39 is 17.7 Å². The van der Waals surface area contributed by atoms with E-state index in [1.54, 1.807) is 17.2 Å². The number of anilines is 2. The molecule has 7 heterocycles. The summed E-state index contributed by atoms with van der Waals surface area (Å²) in [6.45, 7) is 2.61. The van der Waals surface area contributed by atoms with Crippen molar-refractivity contribution in [2.45, 2.75) is 44.4 Å². The normalized spacial score (nSPS) is 17.8. The van der Waals surface area contributed by atoms with Crippen molar-refractivity contribution in [3.8, 4) is 16.9 Å².